The van der Waals surface area contributed by atoms with Gasteiger partial charge >= 0.3 is 0 Å². The standard InChI is InChI=1S/C4H2Br2O.CH2O2/c5-3-1-2-7-4(3)6;2-1-3/h1-2H;1H,(H,2,3). The van der Waals surface area contributed by atoms with E-state index in [1.807, 2.05) is 6.07 Å². The second-order valence-corrected chi connectivity index (χ2v) is 2.72. The smallest absolute Gasteiger partial charge is 0.290 e. The molecule has 1 rings (SSSR count). The molecule has 0 saturated heterocycles. The number of carbonyl (C=O) groups is 1. The van der Waals surface area contributed by atoms with E-state index < -0.39 is 0 Å². The van der Waals surface area contributed by atoms with E-state index >= 15 is 0 Å². The highest BCUT2D eigenvalue weighted by Crippen LogP contribution is 2.22. The summed E-state index contributed by atoms with van der Waals surface area (Å²) in [6.07, 6.45) is 1.61. The van der Waals surface area contributed by atoms with Crippen LogP contribution in [0.1, 0.15) is 0 Å². The van der Waals surface area contributed by atoms with Gasteiger partial charge in [0.05, 0.1) is 10.7 Å². The van der Waals surface area contributed by atoms with Gasteiger partial charge in [0.15, 0.2) is 4.67 Å². The first-order valence-electron chi connectivity index (χ1n) is 2.18. The van der Waals surface area contributed by atoms with E-state index in [-0.39, 0.29) is 6.47 Å². The summed E-state index contributed by atoms with van der Waals surface area (Å²) >= 11 is 6.38. The summed E-state index contributed by atoms with van der Waals surface area (Å²) in [5.74, 6) is 0. The Bertz CT molecular complexity index is 180. The Labute approximate surface area is 74.3 Å². The molecule has 1 aromatic heterocycles. The normalized spacial score (nSPS) is 7.80. The Morgan fingerprint density at radius 2 is 2.10 bits per heavy atom. The van der Waals surface area contributed by atoms with E-state index in [9.17, 15) is 0 Å². The molecule has 0 fully saturated rings. The molecular weight excluding hydrogens is 268 g/mol. The summed E-state index contributed by atoms with van der Waals surface area (Å²) in [7, 11) is 0. The SMILES string of the molecule is Brc1ccoc1Br.O=CO. The molecule has 1 aromatic rings. The second-order valence-electron chi connectivity index (χ2n) is 1.15. The lowest BCUT2D eigenvalue weighted by atomic mass is 10.7. The molecule has 0 radical (unpaired) electrons. The van der Waals surface area contributed by atoms with Crippen LogP contribution in [0.4, 0.5) is 0 Å². The Morgan fingerprint density at radius 1 is 1.60 bits per heavy atom. The van der Waals surface area contributed by atoms with Crippen molar-refractivity contribution in [3.8, 4) is 0 Å². The van der Waals surface area contributed by atoms with E-state index in [0.29, 0.717) is 0 Å². The molecule has 0 amide bonds. The van der Waals surface area contributed by atoms with Crippen molar-refractivity contribution in [1.29, 1.82) is 0 Å². The van der Waals surface area contributed by atoms with Crippen molar-refractivity contribution in [1.82, 2.24) is 0 Å². The van der Waals surface area contributed by atoms with Crippen molar-refractivity contribution in [2.75, 3.05) is 0 Å². The van der Waals surface area contributed by atoms with E-state index in [1.54, 1.807) is 6.26 Å². The maximum Gasteiger partial charge on any atom is 0.290 e. The van der Waals surface area contributed by atoms with Crippen LogP contribution in [0.25, 0.3) is 0 Å². The van der Waals surface area contributed by atoms with Crippen LogP contribution in [0.15, 0.2) is 25.9 Å². The Kier molecular flexibility index (Phi) is 5.33. The third-order valence-electron chi connectivity index (χ3n) is 0.574. The Hall–Kier alpha value is -0.290. The highest BCUT2D eigenvalue weighted by Gasteiger charge is 1.93. The summed E-state index contributed by atoms with van der Waals surface area (Å²) in [6.45, 7) is -0.250. The van der Waals surface area contributed by atoms with Crippen LogP contribution < -0.4 is 0 Å². The van der Waals surface area contributed by atoms with Gasteiger partial charge in [-0.2, -0.15) is 0 Å². The molecule has 3 nitrogen and oxygen atoms in total. The molecule has 0 aliphatic rings. The molecule has 10 heavy (non-hydrogen) atoms. The topological polar surface area (TPSA) is 50.4 Å². The van der Waals surface area contributed by atoms with Gasteiger partial charge in [-0.15, -0.1) is 0 Å². The average molecular weight is 272 g/mol. The van der Waals surface area contributed by atoms with Crippen LogP contribution in [0.2, 0.25) is 0 Å². The molecule has 0 atom stereocenters. The predicted octanol–water partition coefficient (Wildman–Crippen LogP) is 2.51. The predicted molar refractivity (Wildman–Crippen MR) is 42.8 cm³/mol. The van der Waals surface area contributed by atoms with Gasteiger partial charge in [-0.1, -0.05) is 0 Å². The summed E-state index contributed by atoms with van der Waals surface area (Å²) < 4.78 is 6.53. The Balaban J connectivity index is 0.000000236. The van der Waals surface area contributed by atoms with Crippen molar-refractivity contribution in [2.24, 2.45) is 0 Å². The second kappa shape index (κ2) is 5.49. The van der Waals surface area contributed by atoms with Crippen molar-refractivity contribution in [3.05, 3.63) is 21.5 Å². The first kappa shape index (κ1) is 9.71. The molecule has 1 N–H and O–H groups in total. The number of carboxylic acid groups (broad SMARTS) is 1. The quantitative estimate of drug-likeness (QED) is 0.738. The molecule has 0 bridgehead atoms. The van der Waals surface area contributed by atoms with Crippen LogP contribution in [0, 0.1) is 0 Å². The third-order valence-corrected chi connectivity index (χ3v) is 2.34. The van der Waals surface area contributed by atoms with E-state index in [2.05, 4.69) is 31.9 Å². The van der Waals surface area contributed by atoms with Crippen molar-refractivity contribution in [2.45, 2.75) is 0 Å². The fourth-order valence-corrected chi connectivity index (χ4v) is 0.717. The maximum absolute atomic E-state index is 8.36. The van der Waals surface area contributed by atoms with Crippen LogP contribution in [0.3, 0.4) is 0 Å². The minimum Gasteiger partial charge on any atom is -0.483 e. The van der Waals surface area contributed by atoms with Crippen LogP contribution >= 0.6 is 31.9 Å². The van der Waals surface area contributed by atoms with Gasteiger partial charge in [0.2, 0.25) is 0 Å². The molecule has 1 heterocycles. The molecule has 0 unspecified atom stereocenters. The fraction of sp³-hybridized carbons (Fsp3) is 0. The number of hydrogen-bond donors (Lipinski definition) is 1. The number of halogens is 2. The monoisotopic (exact) mass is 270 g/mol. The van der Waals surface area contributed by atoms with Crippen molar-refractivity contribution < 1.29 is 14.3 Å². The zero-order valence-electron chi connectivity index (χ0n) is 4.75. The van der Waals surface area contributed by atoms with Crippen LogP contribution in [-0.4, -0.2) is 11.6 Å². The van der Waals surface area contributed by atoms with Crippen LogP contribution in [0.5, 0.6) is 0 Å². The summed E-state index contributed by atoms with van der Waals surface area (Å²) in [6, 6.07) is 1.82. The highest BCUT2D eigenvalue weighted by atomic mass is 79.9. The minimum absolute atomic E-state index is 0.250. The van der Waals surface area contributed by atoms with Crippen molar-refractivity contribution >= 4 is 38.3 Å². The third kappa shape index (κ3) is 3.68. The zero-order valence-corrected chi connectivity index (χ0v) is 7.92. The van der Waals surface area contributed by atoms with E-state index in [4.69, 9.17) is 14.3 Å². The number of hydrogen-bond acceptors (Lipinski definition) is 2. The average Bonchev–Trinajstić information content (AvgIpc) is 2.19. The highest BCUT2D eigenvalue weighted by molar-refractivity contribution is 9.13. The van der Waals surface area contributed by atoms with E-state index in [1.165, 1.54) is 0 Å². The largest absolute Gasteiger partial charge is 0.483 e. The fourth-order valence-electron chi connectivity index (χ4n) is 0.275. The first-order valence-corrected chi connectivity index (χ1v) is 3.77. The van der Waals surface area contributed by atoms with Gasteiger partial charge in [-0.25, -0.2) is 0 Å². The lowest BCUT2D eigenvalue weighted by Gasteiger charge is -1.74. The Morgan fingerprint density at radius 3 is 2.20 bits per heavy atom. The van der Waals surface area contributed by atoms with Gasteiger partial charge in [0, 0.05) is 0 Å². The van der Waals surface area contributed by atoms with Gasteiger partial charge in [-0.3, -0.25) is 4.79 Å². The maximum atomic E-state index is 8.36. The van der Waals surface area contributed by atoms with Crippen LogP contribution in [-0.2, 0) is 4.79 Å². The number of furan rings is 1. The molecule has 0 saturated carbocycles. The molecular formula is C5H4Br2O3. The van der Waals surface area contributed by atoms with E-state index in [0.717, 1.165) is 9.14 Å². The van der Waals surface area contributed by atoms with Gasteiger partial charge in [-0.05, 0) is 37.9 Å². The lowest BCUT2D eigenvalue weighted by molar-refractivity contribution is -0.122. The molecule has 0 aliphatic carbocycles. The summed E-state index contributed by atoms with van der Waals surface area (Å²) in [5, 5.41) is 6.89. The molecule has 0 aromatic carbocycles. The molecule has 0 spiro atoms. The van der Waals surface area contributed by atoms with Gasteiger partial charge < -0.3 is 9.52 Å². The molecule has 56 valence electrons. The molecule has 0 aliphatic heterocycles. The number of rotatable bonds is 0. The van der Waals surface area contributed by atoms with Gasteiger partial charge in [0.25, 0.3) is 6.47 Å². The minimum atomic E-state index is -0.250. The lowest BCUT2D eigenvalue weighted by Crippen LogP contribution is -1.49. The zero-order chi connectivity index (χ0) is 7.98. The summed E-state index contributed by atoms with van der Waals surface area (Å²) in [5.41, 5.74) is 0. The summed E-state index contributed by atoms with van der Waals surface area (Å²) in [4.78, 5) is 8.36. The molecule has 5 heteroatoms. The first-order chi connectivity index (χ1) is 4.72. The van der Waals surface area contributed by atoms with Crippen molar-refractivity contribution in [3.63, 3.8) is 0 Å². The van der Waals surface area contributed by atoms with Gasteiger partial charge in [0.1, 0.15) is 0 Å².